The molecule has 4 amide bonds. The van der Waals surface area contributed by atoms with Gasteiger partial charge in [-0.1, -0.05) is 91.7 Å². The van der Waals surface area contributed by atoms with Gasteiger partial charge in [0.15, 0.2) is 17.3 Å². The standard InChI is InChI=1S/C64H66N8O10/c1-77-60(75)69-52(38-14-5-3-6-15-38)58(73)71-29-13-18-50(71)56-65-36-49(68-56)43-22-21-42(45-33-62(34-46(43)45)25-9-10-26-62)44-23-20-41(54-55(44)82-63(81-54)27-11-12-28-63)40-19-24-47-48(32-40)67-57(66-47)51-35-64(79-30-31-80-64)37-72(51)59(74)53(70-61(76)78-2)39-16-7-4-8-17-39/h3-8,14-17,19-24,32,36,50-53H,9-13,18,25-31,33-35,37H2,1-2H3,(H,65,68)(H,66,67)(H,69,75)(H,70,76)/t50-,51+,52+,53-/m1/s1. The van der Waals surface area contributed by atoms with Crippen LogP contribution in [0.15, 0.2) is 109 Å². The molecule has 18 heteroatoms. The van der Waals surface area contributed by atoms with E-state index in [0.29, 0.717) is 43.1 Å². The molecule has 5 aromatic carbocycles. The molecule has 2 saturated carbocycles. The molecule has 4 aliphatic heterocycles. The lowest BCUT2D eigenvalue weighted by Gasteiger charge is -2.28. The van der Waals surface area contributed by atoms with E-state index in [1.165, 1.54) is 51.0 Å². The number of carbonyl (C=O) groups is 4. The molecule has 3 saturated heterocycles. The summed E-state index contributed by atoms with van der Waals surface area (Å²) >= 11 is 0. The number of ether oxygens (including phenoxy) is 6. The number of alkyl carbamates (subject to hydrolysis) is 2. The van der Waals surface area contributed by atoms with E-state index in [2.05, 4.69) is 57.0 Å². The quantitative estimate of drug-likeness (QED) is 0.0953. The van der Waals surface area contributed by atoms with Gasteiger partial charge in [-0.05, 0) is 114 Å². The number of amides is 4. The van der Waals surface area contributed by atoms with Gasteiger partial charge in [-0.3, -0.25) is 9.59 Å². The molecule has 5 fully saturated rings. The van der Waals surface area contributed by atoms with E-state index in [4.69, 9.17) is 38.4 Å². The molecule has 7 aromatic rings. The van der Waals surface area contributed by atoms with Gasteiger partial charge < -0.3 is 58.8 Å². The van der Waals surface area contributed by atoms with E-state index in [0.717, 1.165) is 113 Å². The van der Waals surface area contributed by atoms with Crippen molar-refractivity contribution in [1.82, 2.24) is 40.4 Å². The van der Waals surface area contributed by atoms with Gasteiger partial charge in [-0.25, -0.2) is 19.6 Å². The lowest BCUT2D eigenvalue weighted by atomic mass is 9.82. The molecule has 3 spiro atoms. The lowest BCUT2D eigenvalue weighted by Crippen LogP contribution is -2.44. The first-order chi connectivity index (χ1) is 40.0. The molecule has 14 rings (SSSR count). The predicted octanol–water partition coefficient (Wildman–Crippen LogP) is 10.9. The third-order valence-corrected chi connectivity index (χ3v) is 18.5. The zero-order chi connectivity index (χ0) is 55.7. The number of methoxy groups -OCH3 is 2. The van der Waals surface area contributed by atoms with Crippen LogP contribution in [-0.2, 0) is 41.4 Å². The molecule has 3 aliphatic carbocycles. The van der Waals surface area contributed by atoms with E-state index >= 15 is 0 Å². The summed E-state index contributed by atoms with van der Waals surface area (Å²) < 4.78 is 36.6. The fourth-order valence-corrected chi connectivity index (χ4v) is 14.5. The number of aromatic amines is 2. The molecule has 422 valence electrons. The summed E-state index contributed by atoms with van der Waals surface area (Å²) in [4.78, 5) is 75.3. The molecule has 0 unspecified atom stereocenters. The van der Waals surface area contributed by atoms with Gasteiger partial charge in [-0.2, -0.15) is 0 Å². The highest BCUT2D eigenvalue weighted by atomic mass is 16.7. The monoisotopic (exact) mass is 1110 g/mol. The van der Waals surface area contributed by atoms with Crippen molar-refractivity contribution in [1.29, 1.82) is 0 Å². The Morgan fingerprint density at radius 1 is 0.634 bits per heavy atom. The van der Waals surface area contributed by atoms with Crippen molar-refractivity contribution in [2.24, 2.45) is 5.41 Å². The van der Waals surface area contributed by atoms with Crippen LogP contribution >= 0.6 is 0 Å². The Morgan fingerprint density at radius 3 is 1.90 bits per heavy atom. The average Bonchev–Trinajstić information content (AvgIpc) is 4.51. The van der Waals surface area contributed by atoms with Gasteiger partial charge in [-0.15, -0.1) is 0 Å². The minimum Gasteiger partial charge on any atom is -0.453 e. The van der Waals surface area contributed by atoms with Gasteiger partial charge in [0.1, 0.15) is 23.7 Å². The second-order valence-corrected chi connectivity index (χ2v) is 23.3. The van der Waals surface area contributed by atoms with Crippen LogP contribution in [0.4, 0.5) is 9.59 Å². The zero-order valence-electron chi connectivity index (χ0n) is 46.1. The van der Waals surface area contributed by atoms with Gasteiger partial charge in [0.25, 0.3) is 17.6 Å². The molecular weight excluding hydrogens is 1040 g/mol. The molecule has 82 heavy (non-hydrogen) atoms. The number of imidazole rings is 2. The molecule has 7 aliphatic rings. The number of hydrogen-bond acceptors (Lipinski definition) is 12. The zero-order valence-corrected chi connectivity index (χ0v) is 46.1. The number of hydrogen-bond donors (Lipinski definition) is 4. The summed E-state index contributed by atoms with van der Waals surface area (Å²) in [5, 5.41) is 5.54. The normalized spacial score (nSPS) is 21.4. The van der Waals surface area contributed by atoms with Crippen molar-refractivity contribution in [2.75, 3.05) is 40.5 Å². The Balaban J connectivity index is 0.796. The van der Waals surface area contributed by atoms with Crippen LogP contribution in [0.1, 0.15) is 129 Å². The van der Waals surface area contributed by atoms with Crippen molar-refractivity contribution in [2.45, 2.75) is 119 Å². The average molecular weight is 1110 g/mol. The van der Waals surface area contributed by atoms with E-state index < -0.39 is 41.9 Å². The van der Waals surface area contributed by atoms with Crippen LogP contribution in [0.25, 0.3) is 44.5 Å². The van der Waals surface area contributed by atoms with Crippen LogP contribution in [0.2, 0.25) is 0 Å². The number of aromatic nitrogens is 4. The van der Waals surface area contributed by atoms with Crippen LogP contribution in [0.5, 0.6) is 11.5 Å². The summed E-state index contributed by atoms with van der Waals surface area (Å²) in [5.41, 5.74) is 11.6. The molecule has 4 atom stereocenters. The molecule has 2 aromatic heterocycles. The second-order valence-electron chi connectivity index (χ2n) is 23.3. The molecule has 4 N–H and O–H groups in total. The summed E-state index contributed by atoms with van der Waals surface area (Å²) in [6.45, 7) is 1.50. The maximum atomic E-state index is 14.7. The fraction of sp³-hybridized carbons (Fsp3) is 0.406. The fourth-order valence-electron chi connectivity index (χ4n) is 14.5. The van der Waals surface area contributed by atoms with Gasteiger partial charge in [0, 0.05) is 42.5 Å². The first-order valence-corrected chi connectivity index (χ1v) is 28.9. The molecule has 18 nitrogen and oxygen atoms in total. The summed E-state index contributed by atoms with van der Waals surface area (Å²) in [7, 11) is 2.57. The maximum Gasteiger partial charge on any atom is 0.407 e. The summed E-state index contributed by atoms with van der Waals surface area (Å²) in [5.74, 6) is 0.461. The number of benzene rings is 5. The molecule has 6 heterocycles. The Hall–Kier alpha value is -8.22. The number of nitrogens with one attached hydrogen (secondary N) is 4. The van der Waals surface area contributed by atoms with Gasteiger partial charge in [0.05, 0.1) is 69.0 Å². The van der Waals surface area contributed by atoms with Gasteiger partial charge in [0.2, 0.25) is 0 Å². The van der Waals surface area contributed by atoms with Crippen molar-refractivity contribution in [3.8, 4) is 45.0 Å². The third kappa shape index (κ3) is 9.10. The topological polar surface area (TPSA) is 212 Å². The third-order valence-electron chi connectivity index (χ3n) is 18.5. The molecular formula is C64H66N8O10. The Kier molecular flexibility index (Phi) is 13.1. The van der Waals surface area contributed by atoms with E-state index in [9.17, 15) is 19.2 Å². The van der Waals surface area contributed by atoms with Crippen LogP contribution in [0.3, 0.4) is 0 Å². The highest BCUT2D eigenvalue weighted by Crippen LogP contribution is 2.58. The van der Waals surface area contributed by atoms with Crippen LogP contribution in [-0.4, -0.2) is 106 Å². The summed E-state index contributed by atoms with van der Waals surface area (Å²) in [6.07, 6.45) is 12.7. The highest BCUT2D eigenvalue weighted by Gasteiger charge is 2.53. The number of nitrogens with zero attached hydrogens (tertiary/aromatic N) is 4. The molecule has 0 bridgehead atoms. The Bertz CT molecular complexity index is 3620. The van der Waals surface area contributed by atoms with Crippen molar-refractivity contribution < 1.29 is 47.6 Å². The maximum absolute atomic E-state index is 14.7. The van der Waals surface area contributed by atoms with E-state index in [1.54, 1.807) is 17.0 Å². The number of H-pyrrole nitrogens is 2. The van der Waals surface area contributed by atoms with Crippen molar-refractivity contribution >= 4 is 35.0 Å². The van der Waals surface area contributed by atoms with Gasteiger partial charge >= 0.3 is 12.2 Å². The minimum absolute atomic E-state index is 0.151. The largest absolute Gasteiger partial charge is 0.453 e. The minimum atomic E-state index is -1.03. The smallest absolute Gasteiger partial charge is 0.407 e. The number of rotatable bonds is 11. The first-order valence-electron chi connectivity index (χ1n) is 28.9. The first kappa shape index (κ1) is 51.9. The second kappa shape index (κ2) is 20.6. The van der Waals surface area contributed by atoms with E-state index in [-0.39, 0.29) is 29.8 Å². The Labute approximate surface area is 474 Å². The van der Waals surface area contributed by atoms with Crippen molar-refractivity contribution in [3.63, 3.8) is 0 Å². The highest BCUT2D eigenvalue weighted by molar-refractivity contribution is 5.91. The van der Waals surface area contributed by atoms with Crippen molar-refractivity contribution in [3.05, 3.63) is 143 Å². The predicted molar refractivity (Wildman–Crippen MR) is 302 cm³/mol. The lowest BCUT2D eigenvalue weighted by molar-refractivity contribution is -0.153. The number of likely N-dealkylation sites (tertiary alicyclic amines) is 2. The Morgan fingerprint density at radius 2 is 1.23 bits per heavy atom. The number of carbonyl (C=O) groups excluding carboxylic acids is 4. The van der Waals surface area contributed by atoms with E-state index in [1.807, 2.05) is 65.7 Å². The summed E-state index contributed by atoms with van der Waals surface area (Å²) in [6, 6.07) is 30.6. The van der Waals surface area contributed by atoms with Crippen LogP contribution < -0.4 is 20.1 Å². The van der Waals surface area contributed by atoms with Crippen LogP contribution in [0, 0.1) is 5.41 Å². The molecule has 0 radical (unpaired) electrons. The number of fused-ring (bicyclic) bond motifs is 3. The SMILES string of the molecule is COC(=O)N[C@H](C(=O)N1CCC[C@@H]1c1ncc(-c2ccc(-c3ccc(-c4ccc5nc([C@@H]6CC7(CN6C(=O)[C@H](NC(=O)OC)c6ccccc6)OCCO7)[nH]c5c4)c4c3OC3(CCCC3)O4)c3c2CC2(CCCC2)C3)[nH]1)c1ccccc1.